The molecule has 1 aromatic carbocycles. The van der Waals surface area contributed by atoms with Gasteiger partial charge < -0.3 is 15.2 Å². The van der Waals surface area contributed by atoms with Crippen molar-refractivity contribution in [1.82, 2.24) is 5.32 Å². The summed E-state index contributed by atoms with van der Waals surface area (Å²) in [6.07, 6.45) is 0.935. The highest BCUT2D eigenvalue weighted by molar-refractivity contribution is 6.30. The Hall–Kier alpha value is -1.75. The molecule has 0 aromatic heterocycles. The summed E-state index contributed by atoms with van der Waals surface area (Å²) in [4.78, 5) is 22.4. The summed E-state index contributed by atoms with van der Waals surface area (Å²) in [6, 6.07) is 6.57. The molecule has 6 heteroatoms. The molecule has 0 spiro atoms. The Kier molecular flexibility index (Phi) is 3.43. The lowest BCUT2D eigenvalue weighted by atomic mass is 10.3. The number of halogens is 1. The van der Waals surface area contributed by atoms with Gasteiger partial charge in [-0.25, -0.2) is 4.79 Å². The summed E-state index contributed by atoms with van der Waals surface area (Å²) in [7, 11) is 0. The van der Waals surface area contributed by atoms with E-state index in [1.54, 1.807) is 24.3 Å². The second-order valence-corrected chi connectivity index (χ2v) is 4.61. The quantitative estimate of drug-likeness (QED) is 0.848. The first kappa shape index (κ1) is 12.7. The number of nitrogens with one attached hydrogen (secondary N) is 1. The molecule has 0 saturated heterocycles. The van der Waals surface area contributed by atoms with Crippen LogP contribution in [0.4, 0.5) is 0 Å². The molecule has 1 amide bonds. The van der Waals surface area contributed by atoms with Crippen LogP contribution in [0.25, 0.3) is 0 Å². The molecule has 0 bridgehead atoms. The number of carbonyl (C=O) groups excluding carboxylic acids is 1. The van der Waals surface area contributed by atoms with Crippen LogP contribution in [0.5, 0.6) is 5.75 Å². The van der Waals surface area contributed by atoms with Crippen molar-refractivity contribution in [1.29, 1.82) is 0 Å². The summed E-state index contributed by atoms with van der Waals surface area (Å²) >= 11 is 5.70. The highest BCUT2D eigenvalue weighted by Crippen LogP contribution is 2.35. The van der Waals surface area contributed by atoms with Gasteiger partial charge in [0.25, 0.3) is 5.91 Å². The minimum Gasteiger partial charge on any atom is -0.484 e. The first-order valence-electron chi connectivity index (χ1n) is 5.45. The van der Waals surface area contributed by atoms with Crippen molar-refractivity contribution in [2.45, 2.75) is 18.4 Å². The van der Waals surface area contributed by atoms with Crippen LogP contribution in [0, 0.1) is 0 Å². The summed E-state index contributed by atoms with van der Waals surface area (Å²) in [5.74, 6) is -0.929. The predicted molar refractivity (Wildman–Crippen MR) is 64.7 cm³/mol. The molecule has 1 aliphatic rings. The van der Waals surface area contributed by atoms with Gasteiger partial charge in [0.05, 0.1) is 0 Å². The van der Waals surface area contributed by atoms with Gasteiger partial charge in [-0.2, -0.15) is 0 Å². The third-order valence-electron chi connectivity index (χ3n) is 2.72. The minimum atomic E-state index is -1.07. The van der Waals surface area contributed by atoms with E-state index in [1.807, 2.05) is 0 Å². The zero-order chi connectivity index (χ0) is 13.2. The number of carbonyl (C=O) groups is 2. The number of carboxylic acids is 1. The number of carboxylic acid groups (broad SMARTS) is 1. The van der Waals surface area contributed by atoms with E-state index in [-0.39, 0.29) is 6.61 Å². The topological polar surface area (TPSA) is 75.6 Å². The predicted octanol–water partition coefficient (Wildman–Crippen LogP) is 1.45. The van der Waals surface area contributed by atoms with E-state index in [4.69, 9.17) is 21.4 Å². The number of hydrogen-bond donors (Lipinski definition) is 2. The Morgan fingerprint density at radius 3 is 2.44 bits per heavy atom. The van der Waals surface area contributed by atoms with Gasteiger partial charge in [-0.3, -0.25) is 4.79 Å². The van der Waals surface area contributed by atoms with E-state index in [9.17, 15) is 9.59 Å². The molecule has 1 fully saturated rings. The van der Waals surface area contributed by atoms with Crippen LogP contribution in [-0.2, 0) is 9.59 Å². The molecule has 18 heavy (non-hydrogen) atoms. The Morgan fingerprint density at radius 1 is 1.33 bits per heavy atom. The molecule has 1 aliphatic carbocycles. The summed E-state index contributed by atoms with van der Waals surface area (Å²) < 4.78 is 5.21. The number of benzene rings is 1. The van der Waals surface area contributed by atoms with E-state index >= 15 is 0 Å². The normalized spacial score (nSPS) is 15.8. The highest BCUT2D eigenvalue weighted by atomic mass is 35.5. The molecule has 0 aliphatic heterocycles. The van der Waals surface area contributed by atoms with Crippen LogP contribution in [0.15, 0.2) is 24.3 Å². The van der Waals surface area contributed by atoms with Gasteiger partial charge in [0.1, 0.15) is 11.3 Å². The van der Waals surface area contributed by atoms with Gasteiger partial charge in [-0.15, -0.1) is 0 Å². The largest absolute Gasteiger partial charge is 0.484 e. The first-order valence-corrected chi connectivity index (χ1v) is 5.82. The molecule has 2 N–H and O–H groups in total. The van der Waals surface area contributed by atoms with Gasteiger partial charge in [0.2, 0.25) is 0 Å². The monoisotopic (exact) mass is 269 g/mol. The lowest BCUT2D eigenvalue weighted by molar-refractivity contribution is -0.143. The summed E-state index contributed by atoms with van der Waals surface area (Å²) in [6.45, 7) is -0.212. The average Bonchev–Trinajstić information content (AvgIpc) is 3.09. The van der Waals surface area contributed by atoms with Gasteiger partial charge in [-0.05, 0) is 37.1 Å². The van der Waals surface area contributed by atoms with Crippen LogP contribution >= 0.6 is 11.6 Å². The molecule has 0 heterocycles. The van der Waals surface area contributed by atoms with Crippen molar-refractivity contribution in [3.63, 3.8) is 0 Å². The Balaban J connectivity index is 1.82. The van der Waals surface area contributed by atoms with Crippen molar-refractivity contribution in [3.8, 4) is 5.75 Å². The Labute approximate surface area is 109 Å². The standard InChI is InChI=1S/C12H12ClNO4/c13-8-1-3-9(4-2-8)18-7-10(15)14-12(5-6-12)11(16)17/h1-4H,5-7H2,(H,14,15)(H,16,17). The van der Waals surface area contributed by atoms with Gasteiger partial charge >= 0.3 is 5.97 Å². The molecule has 5 nitrogen and oxygen atoms in total. The van der Waals surface area contributed by atoms with Crippen molar-refractivity contribution in [3.05, 3.63) is 29.3 Å². The molecule has 0 atom stereocenters. The van der Waals surface area contributed by atoms with Crippen LogP contribution in [0.1, 0.15) is 12.8 Å². The first-order chi connectivity index (χ1) is 8.52. The number of amides is 1. The Morgan fingerprint density at radius 2 is 1.94 bits per heavy atom. The third kappa shape index (κ3) is 2.92. The van der Waals surface area contributed by atoms with Crippen molar-refractivity contribution in [2.75, 3.05) is 6.61 Å². The van der Waals surface area contributed by atoms with Crippen molar-refractivity contribution < 1.29 is 19.4 Å². The second-order valence-electron chi connectivity index (χ2n) is 4.18. The molecule has 2 rings (SSSR count). The third-order valence-corrected chi connectivity index (χ3v) is 2.97. The SMILES string of the molecule is O=C(COc1ccc(Cl)cc1)NC1(C(=O)O)CC1. The molecule has 1 aromatic rings. The van der Waals surface area contributed by atoms with Gasteiger partial charge in [0, 0.05) is 5.02 Å². The van der Waals surface area contributed by atoms with Crippen LogP contribution in [0.3, 0.4) is 0 Å². The van der Waals surface area contributed by atoms with E-state index in [1.165, 1.54) is 0 Å². The smallest absolute Gasteiger partial charge is 0.329 e. The molecule has 96 valence electrons. The van der Waals surface area contributed by atoms with Crippen molar-refractivity contribution >= 4 is 23.5 Å². The van der Waals surface area contributed by atoms with Crippen LogP contribution < -0.4 is 10.1 Å². The lowest BCUT2D eigenvalue weighted by Crippen LogP contribution is -2.45. The maximum Gasteiger partial charge on any atom is 0.329 e. The fourth-order valence-corrected chi connectivity index (χ4v) is 1.63. The minimum absolute atomic E-state index is 0.212. The Bertz CT molecular complexity index is 467. The number of hydrogen-bond acceptors (Lipinski definition) is 3. The summed E-state index contributed by atoms with van der Waals surface area (Å²) in [5, 5.41) is 11.9. The zero-order valence-corrected chi connectivity index (χ0v) is 10.2. The van der Waals surface area contributed by atoms with Gasteiger partial charge in [0.15, 0.2) is 6.61 Å². The van der Waals surface area contributed by atoms with Crippen molar-refractivity contribution in [2.24, 2.45) is 0 Å². The second kappa shape index (κ2) is 4.86. The lowest BCUT2D eigenvalue weighted by Gasteiger charge is -2.12. The van der Waals surface area contributed by atoms with Crippen LogP contribution in [-0.4, -0.2) is 29.1 Å². The summed E-state index contributed by atoms with van der Waals surface area (Å²) in [5.41, 5.74) is -1.07. The van der Waals surface area contributed by atoms with E-state index < -0.39 is 17.4 Å². The number of rotatable bonds is 5. The maximum absolute atomic E-state index is 11.5. The molecule has 0 unspecified atom stereocenters. The molecular weight excluding hydrogens is 258 g/mol. The van der Waals surface area contributed by atoms with E-state index in [0.29, 0.717) is 23.6 Å². The van der Waals surface area contributed by atoms with Gasteiger partial charge in [-0.1, -0.05) is 11.6 Å². The number of aliphatic carboxylic acids is 1. The van der Waals surface area contributed by atoms with E-state index in [0.717, 1.165) is 0 Å². The van der Waals surface area contributed by atoms with Crippen LogP contribution in [0.2, 0.25) is 5.02 Å². The fourth-order valence-electron chi connectivity index (χ4n) is 1.50. The maximum atomic E-state index is 11.5. The fraction of sp³-hybridized carbons (Fsp3) is 0.333. The average molecular weight is 270 g/mol. The number of ether oxygens (including phenoxy) is 1. The molecule has 0 radical (unpaired) electrons. The highest BCUT2D eigenvalue weighted by Gasteiger charge is 2.51. The molecule has 1 saturated carbocycles. The zero-order valence-electron chi connectivity index (χ0n) is 9.48. The van der Waals surface area contributed by atoms with E-state index in [2.05, 4.69) is 5.32 Å². The molecular formula is C12H12ClNO4.